The molecule has 0 amide bonds. The normalized spacial score (nSPS) is 18.2. The van der Waals surface area contributed by atoms with E-state index in [2.05, 4.69) is 41.3 Å². The number of hydrogen-bond acceptors (Lipinski definition) is 7. The van der Waals surface area contributed by atoms with Gasteiger partial charge in [0.15, 0.2) is 19.7 Å². The van der Waals surface area contributed by atoms with Gasteiger partial charge in [-0.3, -0.25) is 4.90 Å². The fourth-order valence-corrected chi connectivity index (χ4v) is 11.1. The minimum atomic E-state index is -3.64. The zero-order valence-electron chi connectivity index (χ0n) is 29.9. The first kappa shape index (κ1) is 38.6. The first-order chi connectivity index (χ1) is 25.6. The van der Waals surface area contributed by atoms with Gasteiger partial charge in [0.2, 0.25) is 0 Å². The summed E-state index contributed by atoms with van der Waals surface area (Å²) in [5, 5.41) is 21.5. The van der Waals surface area contributed by atoms with Gasteiger partial charge in [0.05, 0.1) is 39.0 Å². The van der Waals surface area contributed by atoms with Gasteiger partial charge in [-0.25, -0.2) is 16.8 Å². The molecule has 0 bridgehead atoms. The lowest BCUT2D eigenvalue weighted by Gasteiger charge is -2.47. The fourth-order valence-electron chi connectivity index (χ4n) is 8.13. The molecule has 2 N–H and O–H groups in total. The quantitative estimate of drug-likeness (QED) is 0.129. The van der Waals surface area contributed by atoms with Crippen LogP contribution in [0.3, 0.4) is 0 Å². The third-order valence-corrected chi connectivity index (χ3v) is 14.2. The predicted octanol–water partition coefficient (Wildman–Crippen LogP) is 7.29. The Balaban J connectivity index is 0.000000236. The van der Waals surface area contributed by atoms with Gasteiger partial charge in [-0.05, 0) is 72.6 Å². The highest BCUT2D eigenvalue weighted by Gasteiger charge is 2.49. The Morgan fingerprint density at radius 3 is 1.26 bits per heavy atom. The summed E-state index contributed by atoms with van der Waals surface area (Å²) in [5.74, 6) is -0.303. The molecule has 0 aromatic heterocycles. The molecule has 7 nitrogen and oxygen atoms in total. The van der Waals surface area contributed by atoms with Crippen LogP contribution in [0.2, 0.25) is 0 Å². The third-order valence-electron chi connectivity index (χ3n) is 10.7. The first-order valence-electron chi connectivity index (χ1n) is 18.5. The van der Waals surface area contributed by atoms with Gasteiger partial charge in [0, 0.05) is 12.6 Å². The second-order valence-corrected chi connectivity index (χ2v) is 18.1. The predicted molar refractivity (Wildman–Crippen MR) is 210 cm³/mol. The Hall–Kier alpha value is -4.12. The van der Waals surface area contributed by atoms with Crippen LogP contribution in [0.1, 0.15) is 55.2 Å². The molecule has 53 heavy (non-hydrogen) atoms. The second-order valence-electron chi connectivity index (χ2n) is 14.1. The molecule has 2 fully saturated rings. The van der Waals surface area contributed by atoms with E-state index < -0.39 is 37.4 Å². The summed E-state index contributed by atoms with van der Waals surface area (Å²) in [6, 6.07) is 47.5. The van der Waals surface area contributed by atoms with Crippen LogP contribution < -0.4 is 0 Å². The Bertz CT molecular complexity index is 1980. The van der Waals surface area contributed by atoms with Crippen LogP contribution in [0.4, 0.5) is 0 Å². The molecule has 9 heteroatoms. The van der Waals surface area contributed by atoms with Crippen LogP contribution in [-0.2, 0) is 25.2 Å². The van der Waals surface area contributed by atoms with E-state index in [0.29, 0.717) is 4.90 Å². The van der Waals surface area contributed by atoms with Gasteiger partial charge < -0.3 is 10.2 Å². The van der Waals surface area contributed by atoms with Gasteiger partial charge in [-0.15, -0.1) is 0 Å². The van der Waals surface area contributed by atoms with Crippen molar-refractivity contribution in [1.29, 1.82) is 0 Å². The largest absolute Gasteiger partial charge is 0.392 e. The lowest BCUT2D eigenvalue weighted by molar-refractivity contribution is 0.0451. The highest BCUT2D eigenvalue weighted by molar-refractivity contribution is 7.91. The molecule has 5 aromatic carbocycles. The van der Waals surface area contributed by atoms with Gasteiger partial charge in [-0.1, -0.05) is 140 Å². The molecular formula is C44H49NO6S2. The van der Waals surface area contributed by atoms with E-state index in [1.54, 1.807) is 60.7 Å². The molecule has 2 aliphatic rings. The molecule has 0 unspecified atom stereocenters. The Labute approximate surface area is 314 Å². The number of hydrogen-bond donors (Lipinski definition) is 2. The van der Waals surface area contributed by atoms with E-state index in [1.807, 2.05) is 54.6 Å². The van der Waals surface area contributed by atoms with Crippen molar-refractivity contribution in [3.8, 4) is 0 Å². The standard InChI is InChI=1S/C31H31NO3S.C13H18O3S/c33-30(24-36(34,35)28-20-11-4-12-21-28)29-22-13-23-32(29)31(25-14-5-1-6-15-25,26-16-7-2-8-17-26)27-18-9-3-10-19-27;14-13(11-6-4-5-7-11)10-17(15,16)12-8-2-1-3-9-12/h1-12,14-21,29-30,33H,13,22-24H2;1-3,8-9,11,13-14H,4-7,10H2/t29-,30-;13-/m11/s1. The Morgan fingerprint density at radius 1 is 0.509 bits per heavy atom. The maximum atomic E-state index is 13.2. The summed E-state index contributed by atoms with van der Waals surface area (Å²) >= 11 is 0. The average Bonchev–Trinajstić information content (AvgIpc) is 3.92. The lowest BCUT2D eigenvalue weighted by Crippen LogP contribution is -2.54. The van der Waals surface area contributed by atoms with Gasteiger partial charge in [0.25, 0.3) is 0 Å². The van der Waals surface area contributed by atoms with E-state index in [-0.39, 0.29) is 28.4 Å². The second kappa shape index (κ2) is 17.3. The average molecular weight is 752 g/mol. The molecule has 0 radical (unpaired) electrons. The lowest BCUT2D eigenvalue weighted by atomic mass is 9.75. The van der Waals surface area contributed by atoms with Crippen LogP contribution in [0.15, 0.2) is 161 Å². The van der Waals surface area contributed by atoms with Crippen LogP contribution >= 0.6 is 0 Å². The molecule has 3 atom stereocenters. The molecule has 1 saturated heterocycles. The van der Waals surface area contributed by atoms with Crippen molar-refractivity contribution in [2.24, 2.45) is 5.92 Å². The minimum Gasteiger partial charge on any atom is -0.392 e. The molecule has 1 aliphatic carbocycles. The Morgan fingerprint density at radius 2 is 0.868 bits per heavy atom. The smallest absolute Gasteiger partial charge is 0.180 e. The van der Waals surface area contributed by atoms with E-state index >= 15 is 0 Å². The fraction of sp³-hybridized carbons (Fsp3) is 0.318. The van der Waals surface area contributed by atoms with Crippen molar-refractivity contribution in [1.82, 2.24) is 4.90 Å². The third kappa shape index (κ3) is 8.82. The van der Waals surface area contributed by atoms with E-state index in [1.165, 1.54) is 0 Å². The number of rotatable bonds is 12. The minimum absolute atomic E-state index is 0.151. The summed E-state index contributed by atoms with van der Waals surface area (Å²) in [6.45, 7) is 0.742. The zero-order valence-corrected chi connectivity index (χ0v) is 31.5. The van der Waals surface area contributed by atoms with Crippen molar-refractivity contribution in [3.63, 3.8) is 0 Å². The monoisotopic (exact) mass is 751 g/mol. The topological polar surface area (TPSA) is 112 Å². The number of benzene rings is 5. The first-order valence-corrected chi connectivity index (χ1v) is 21.8. The van der Waals surface area contributed by atoms with Crippen molar-refractivity contribution in [2.75, 3.05) is 18.1 Å². The number of nitrogens with zero attached hydrogens (tertiary/aromatic N) is 1. The highest BCUT2D eigenvalue weighted by Crippen LogP contribution is 2.46. The van der Waals surface area contributed by atoms with Crippen molar-refractivity contribution >= 4 is 19.7 Å². The number of likely N-dealkylation sites (tertiary alicyclic amines) is 1. The van der Waals surface area contributed by atoms with Crippen molar-refractivity contribution in [2.45, 2.75) is 72.1 Å². The maximum Gasteiger partial charge on any atom is 0.180 e. The van der Waals surface area contributed by atoms with Crippen molar-refractivity contribution < 1.29 is 27.0 Å². The summed E-state index contributed by atoms with van der Waals surface area (Å²) in [6.07, 6.45) is 3.95. The zero-order chi connectivity index (χ0) is 37.3. The molecule has 1 saturated carbocycles. The number of sulfone groups is 2. The summed E-state index contributed by atoms with van der Waals surface area (Å²) in [5.41, 5.74) is 2.59. The van der Waals surface area contributed by atoms with Crippen LogP contribution in [0.25, 0.3) is 0 Å². The van der Waals surface area contributed by atoms with Crippen LogP contribution in [0.5, 0.6) is 0 Å². The highest BCUT2D eigenvalue weighted by atomic mass is 32.2. The summed E-state index contributed by atoms with van der Waals surface area (Å²) in [4.78, 5) is 2.88. The van der Waals surface area contributed by atoms with Crippen LogP contribution in [-0.4, -0.2) is 68.2 Å². The molecule has 278 valence electrons. The number of aliphatic hydroxyl groups excluding tert-OH is 2. The molecule has 1 aliphatic heterocycles. The van der Waals surface area contributed by atoms with Crippen molar-refractivity contribution in [3.05, 3.63) is 168 Å². The maximum absolute atomic E-state index is 13.2. The molecule has 1 heterocycles. The summed E-state index contributed by atoms with van der Waals surface area (Å²) < 4.78 is 50.5. The summed E-state index contributed by atoms with van der Waals surface area (Å²) in [7, 11) is -6.98. The molecule has 7 rings (SSSR count). The van der Waals surface area contributed by atoms with E-state index in [4.69, 9.17) is 0 Å². The van der Waals surface area contributed by atoms with Gasteiger partial charge in [0.1, 0.15) is 0 Å². The molecule has 5 aromatic rings. The molecular weight excluding hydrogens is 703 g/mol. The molecule has 0 spiro atoms. The van der Waals surface area contributed by atoms with E-state index in [0.717, 1.165) is 61.8 Å². The van der Waals surface area contributed by atoms with E-state index in [9.17, 15) is 27.0 Å². The number of aliphatic hydroxyl groups is 2. The Kier molecular flexibility index (Phi) is 12.6. The van der Waals surface area contributed by atoms with Gasteiger partial charge >= 0.3 is 0 Å². The van der Waals surface area contributed by atoms with Crippen LogP contribution in [0, 0.1) is 5.92 Å². The van der Waals surface area contributed by atoms with Gasteiger partial charge in [-0.2, -0.15) is 0 Å². The SMILES string of the molecule is O=S(=O)(C[C@@H](O)C1CCCC1)c1ccccc1.O=S(=O)(C[C@@H](O)[C@H]1CCCN1C(c1ccccc1)(c1ccccc1)c1ccccc1)c1ccccc1.